The molecule has 0 saturated heterocycles. The molecule has 0 aliphatic rings. The molecule has 0 aliphatic heterocycles. The van der Waals surface area contributed by atoms with Gasteiger partial charge in [0.15, 0.2) is 0 Å². The van der Waals surface area contributed by atoms with Crippen molar-refractivity contribution in [1.29, 1.82) is 0 Å². The smallest absolute Gasteiger partial charge is 0.250 e. The van der Waals surface area contributed by atoms with E-state index in [1.165, 1.54) is 7.11 Å². The van der Waals surface area contributed by atoms with Gasteiger partial charge in [0.2, 0.25) is 5.90 Å². The predicted molar refractivity (Wildman–Crippen MR) is 79.9 cm³/mol. The summed E-state index contributed by atoms with van der Waals surface area (Å²) >= 11 is 0. The second-order valence-corrected chi connectivity index (χ2v) is 3.99. The van der Waals surface area contributed by atoms with Gasteiger partial charge in [-0.25, -0.2) is 0 Å². The Labute approximate surface area is 115 Å². The van der Waals surface area contributed by atoms with E-state index in [0.29, 0.717) is 12.5 Å². The second-order valence-electron chi connectivity index (χ2n) is 3.99. The van der Waals surface area contributed by atoms with Crippen molar-refractivity contribution in [2.75, 3.05) is 13.7 Å². The molecule has 0 fully saturated rings. The van der Waals surface area contributed by atoms with Crippen LogP contribution in [0.3, 0.4) is 0 Å². The van der Waals surface area contributed by atoms with Crippen molar-refractivity contribution in [2.45, 2.75) is 19.3 Å². The molecule has 0 saturated carbocycles. The zero-order valence-corrected chi connectivity index (χ0v) is 11.4. The molecule has 0 atom stereocenters. The molecular weight excluding hydrogens is 238 g/mol. The third-order valence-electron chi connectivity index (χ3n) is 2.45. The number of hydrogen-bond acceptors (Lipinski definition) is 3. The molecular formula is C16H21NO2. The van der Waals surface area contributed by atoms with Crippen LogP contribution in [-0.2, 0) is 9.57 Å². The van der Waals surface area contributed by atoms with Crippen LogP contribution in [0.4, 0.5) is 0 Å². The highest BCUT2D eigenvalue weighted by Crippen LogP contribution is 2.03. The van der Waals surface area contributed by atoms with Gasteiger partial charge < -0.3 is 9.57 Å². The summed E-state index contributed by atoms with van der Waals surface area (Å²) in [6.07, 6.45) is 8.74. The number of allylic oxidation sites excluding steroid dienone is 1. The predicted octanol–water partition coefficient (Wildman–Crippen LogP) is 4.03. The maximum Gasteiger partial charge on any atom is 0.250 e. The van der Waals surface area contributed by atoms with E-state index in [4.69, 9.17) is 9.57 Å². The van der Waals surface area contributed by atoms with Gasteiger partial charge in [-0.2, -0.15) is 0 Å². The molecule has 1 aromatic carbocycles. The summed E-state index contributed by atoms with van der Waals surface area (Å²) in [4.78, 5) is 4.77. The molecule has 0 bridgehead atoms. The van der Waals surface area contributed by atoms with Gasteiger partial charge in [0, 0.05) is 6.08 Å². The highest BCUT2D eigenvalue weighted by Gasteiger charge is 1.96. The normalized spacial score (nSPS) is 11.5. The van der Waals surface area contributed by atoms with Crippen LogP contribution in [0.2, 0.25) is 0 Å². The van der Waals surface area contributed by atoms with Crippen LogP contribution >= 0.6 is 0 Å². The van der Waals surface area contributed by atoms with Crippen molar-refractivity contribution in [2.24, 2.45) is 5.16 Å². The molecule has 19 heavy (non-hydrogen) atoms. The number of nitrogens with zero attached hydrogens (tertiary/aromatic N) is 1. The Balaban J connectivity index is 2.42. The van der Waals surface area contributed by atoms with Crippen LogP contribution in [0.5, 0.6) is 0 Å². The van der Waals surface area contributed by atoms with E-state index in [2.05, 4.69) is 11.7 Å². The third kappa shape index (κ3) is 7.09. The minimum atomic E-state index is 0.491. The molecule has 0 aliphatic carbocycles. The molecule has 0 N–H and O–H groups in total. The molecule has 0 aromatic heterocycles. The zero-order chi connectivity index (χ0) is 13.8. The number of rotatable bonds is 8. The maximum absolute atomic E-state index is 5.55. The van der Waals surface area contributed by atoms with Crippen LogP contribution in [0, 0.1) is 0 Å². The zero-order valence-electron chi connectivity index (χ0n) is 11.4. The fourth-order valence-electron chi connectivity index (χ4n) is 1.49. The molecule has 1 aromatic rings. The van der Waals surface area contributed by atoms with Crippen molar-refractivity contribution in [1.82, 2.24) is 0 Å². The minimum Gasteiger partial charge on any atom is -0.476 e. The average Bonchev–Trinajstić information content (AvgIpc) is 2.45. The van der Waals surface area contributed by atoms with E-state index in [0.717, 1.165) is 24.8 Å². The summed E-state index contributed by atoms with van der Waals surface area (Å²) in [5.74, 6) is 0.491. The van der Waals surface area contributed by atoms with Crippen LogP contribution in [-0.4, -0.2) is 19.6 Å². The molecule has 3 nitrogen and oxygen atoms in total. The van der Waals surface area contributed by atoms with Crippen LogP contribution in [0.1, 0.15) is 24.8 Å². The first-order chi connectivity index (χ1) is 9.36. The van der Waals surface area contributed by atoms with E-state index in [1.54, 1.807) is 0 Å². The number of ether oxygens (including phenoxy) is 1. The lowest BCUT2D eigenvalue weighted by molar-refractivity contribution is 0.191. The lowest BCUT2D eigenvalue weighted by Crippen LogP contribution is -2.03. The Bertz CT molecular complexity index is 410. The van der Waals surface area contributed by atoms with E-state index in [9.17, 15) is 0 Å². The number of benzene rings is 1. The lowest BCUT2D eigenvalue weighted by Gasteiger charge is -2.04. The Kier molecular flexibility index (Phi) is 7.87. The van der Waals surface area contributed by atoms with Gasteiger partial charge in [0.1, 0.15) is 7.11 Å². The molecule has 102 valence electrons. The van der Waals surface area contributed by atoms with Crippen molar-refractivity contribution >= 4 is 12.0 Å². The topological polar surface area (TPSA) is 30.8 Å². The van der Waals surface area contributed by atoms with Crippen molar-refractivity contribution in [3.8, 4) is 0 Å². The molecule has 3 heteroatoms. The summed E-state index contributed by atoms with van der Waals surface area (Å²) in [7, 11) is 1.51. The largest absolute Gasteiger partial charge is 0.476 e. The Morgan fingerprint density at radius 3 is 2.74 bits per heavy atom. The molecule has 0 heterocycles. The molecule has 0 radical (unpaired) electrons. The minimum absolute atomic E-state index is 0.491. The first-order valence-corrected chi connectivity index (χ1v) is 6.45. The number of hydrogen-bond donors (Lipinski definition) is 0. The maximum atomic E-state index is 5.55. The summed E-state index contributed by atoms with van der Waals surface area (Å²) in [5, 5.41) is 3.84. The van der Waals surface area contributed by atoms with Gasteiger partial charge in [-0.3, -0.25) is 0 Å². The van der Waals surface area contributed by atoms with Gasteiger partial charge in [-0.15, -0.1) is 6.58 Å². The number of oxime groups is 1. The van der Waals surface area contributed by atoms with E-state index in [1.807, 2.05) is 48.6 Å². The van der Waals surface area contributed by atoms with Gasteiger partial charge in [-0.1, -0.05) is 36.4 Å². The molecule has 0 amide bonds. The molecule has 0 unspecified atom stereocenters. The van der Waals surface area contributed by atoms with Crippen LogP contribution in [0.25, 0.3) is 6.08 Å². The van der Waals surface area contributed by atoms with Gasteiger partial charge >= 0.3 is 0 Å². The van der Waals surface area contributed by atoms with Crippen molar-refractivity contribution in [3.63, 3.8) is 0 Å². The summed E-state index contributed by atoms with van der Waals surface area (Å²) in [6.45, 7) is 4.32. The van der Waals surface area contributed by atoms with Crippen LogP contribution in [0.15, 0.2) is 54.2 Å². The Morgan fingerprint density at radius 1 is 1.26 bits per heavy atom. The van der Waals surface area contributed by atoms with Crippen molar-refractivity contribution in [3.05, 3.63) is 54.6 Å². The second kappa shape index (κ2) is 9.95. The monoisotopic (exact) mass is 259 g/mol. The van der Waals surface area contributed by atoms with E-state index in [-0.39, 0.29) is 0 Å². The molecule has 1 rings (SSSR count). The molecule has 0 spiro atoms. The van der Waals surface area contributed by atoms with Crippen LogP contribution < -0.4 is 0 Å². The third-order valence-corrected chi connectivity index (χ3v) is 2.45. The SMILES string of the molecule is C=CCCCCOC(/C=C/c1ccccc1)=N\OC. The highest BCUT2D eigenvalue weighted by atomic mass is 16.6. The summed E-state index contributed by atoms with van der Waals surface area (Å²) < 4.78 is 5.55. The summed E-state index contributed by atoms with van der Waals surface area (Å²) in [5.41, 5.74) is 1.10. The standard InChI is InChI=1S/C16H21NO2/c1-3-4-5-9-14-19-16(17-18-2)13-12-15-10-7-6-8-11-15/h3,6-8,10-13H,1,4-5,9,14H2,2H3/b13-12+,17-16-. The van der Waals surface area contributed by atoms with E-state index >= 15 is 0 Å². The quantitative estimate of drug-likeness (QED) is 0.232. The first-order valence-electron chi connectivity index (χ1n) is 6.45. The van der Waals surface area contributed by atoms with Gasteiger partial charge in [0.25, 0.3) is 0 Å². The summed E-state index contributed by atoms with van der Waals surface area (Å²) in [6, 6.07) is 10.00. The van der Waals surface area contributed by atoms with Gasteiger partial charge in [0.05, 0.1) is 6.61 Å². The highest BCUT2D eigenvalue weighted by molar-refractivity contribution is 5.91. The fraction of sp³-hybridized carbons (Fsp3) is 0.312. The Morgan fingerprint density at radius 2 is 2.05 bits per heavy atom. The average molecular weight is 259 g/mol. The Hall–Kier alpha value is -2.03. The fourth-order valence-corrected chi connectivity index (χ4v) is 1.49. The van der Waals surface area contributed by atoms with Crippen molar-refractivity contribution < 1.29 is 9.57 Å². The first kappa shape index (κ1) is 15.0. The van der Waals surface area contributed by atoms with E-state index < -0.39 is 0 Å². The van der Waals surface area contributed by atoms with Gasteiger partial charge in [-0.05, 0) is 36.1 Å². The number of unbranched alkanes of at least 4 members (excludes halogenated alkanes) is 2. The lowest BCUT2D eigenvalue weighted by atomic mass is 10.2.